The van der Waals surface area contributed by atoms with Gasteiger partial charge < -0.3 is 10.1 Å². The molecule has 1 rings (SSSR count). The molecule has 0 radical (unpaired) electrons. The molecule has 0 amide bonds. The van der Waals surface area contributed by atoms with Gasteiger partial charge in [-0.15, -0.1) is 24.8 Å². The van der Waals surface area contributed by atoms with Crippen molar-refractivity contribution in [3.8, 4) is 5.75 Å². The lowest BCUT2D eigenvalue weighted by Crippen LogP contribution is -2.06. The quantitative estimate of drug-likeness (QED) is 0.849. The second kappa shape index (κ2) is 8.10. The molecule has 0 spiro atoms. The Kier molecular flexibility index (Phi) is 9.34. The summed E-state index contributed by atoms with van der Waals surface area (Å²) in [4.78, 5) is 4.15. The van der Waals surface area contributed by atoms with E-state index in [0.29, 0.717) is 0 Å². The summed E-state index contributed by atoms with van der Waals surface area (Å²) in [6.07, 6.45) is 1.71. The Morgan fingerprint density at radius 2 is 2.08 bits per heavy atom. The molecule has 0 bridgehead atoms. The zero-order valence-electron chi connectivity index (χ0n) is 7.61. The van der Waals surface area contributed by atoms with Crippen molar-refractivity contribution in [2.75, 3.05) is 14.2 Å². The number of aromatic nitrogens is 1. The summed E-state index contributed by atoms with van der Waals surface area (Å²) in [7, 11) is 3.53. The third-order valence-electron chi connectivity index (χ3n) is 1.39. The van der Waals surface area contributed by atoms with Crippen molar-refractivity contribution in [2.45, 2.75) is 6.54 Å². The predicted octanol–water partition coefficient (Wildman–Crippen LogP) is 1.65. The molecule has 0 saturated carbocycles. The van der Waals surface area contributed by atoms with Crippen molar-refractivity contribution >= 4 is 24.8 Å². The number of nitrogens with zero attached hydrogens (tertiary/aromatic N) is 1. The van der Waals surface area contributed by atoms with Gasteiger partial charge in [0.2, 0.25) is 0 Å². The van der Waals surface area contributed by atoms with Gasteiger partial charge in [0.25, 0.3) is 0 Å². The molecule has 1 aromatic rings. The van der Waals surface area contributed by atoms with Gasteiger partial charge in [0.1, 0.15) is 5.75 Å². The molecule has 0 aliphatic carbocycles. The minimum absolute atomic E-state index is 0. The van der Waals surface area contributed by atoms with Gasteiger partial charge in [-0.1, -0.05) is 0 Å². The van der Waals surface area contributed by atoms with Crippen LogP contribution in [0, 0.1) is 0 Å². The van der Waals surface area contributed by atoms with E-state index < -0.39 is 0 Å². The van der Waals surface area contributed by atoms with Crippen LogP contribution >= 0.6 is 24.8 Å². The molecule has 5 heteroatoms. The molecule has 0 aromatic carbocycles. The first-order valence-electron chi connectivity index (χ1n) is 3.50. The van der Waals surface area contributed by atoms with E-state index in [-0.39, 0.29) is 24.8 Å². The number of rotatable bonds is 3. The Morgan fingerprint density at radius 1 is 1.38 bits per heavy atom. The molecular weight excluding hydrogens is 211 g/mol. The van der Waals surface area contributed by atoms with Crippen LogP contribution in [0.15, 0.2) is 18.3 Å². The largest absolute Gasteiger partial charge is 0.495 e. The van der Waals surface area contributed by atoms with Crippen LogP contribution in [0.4, 0.5) is 0 Å². The summed E-state index contributed by atoms with van der Waals surface area (Å²) in [5, 5.41) is 3.02. The smallest absolute Gasteiger partial charge is 0.137 e. The van der Waals surface area contributed by atoms with Gasteiger partial charge in [-0.2, -0.15) is 0 Å². The van der Waals surface area contributed by atoms with E-state index in [2.05, 4.69) is 10.3 Å². The van der Waals surface area contributed by atoms with Crippen molar-refractivity contribution in [2.24, 2.45) is 0 Å². The highest BCUT2D eigenvalue weighted by molar-refractivity contribution is 5.85. The number of ether oxygens (including phenoxy) is 1. The topological polar surface area (TPSA) is 34.1 Å². The Hall–Kier alpha value is -0.510. The zero-order valence-corrected chi connectivity index (χ0v) is 9.24. The summed E-state index contributed by atoms with van der Waals surface area (Å²) in [5.41, 5.74) is 1.02. The van der Waals surface area contributed by atoms with Crippen molar-refractivity contribution in [1.29, 1.82) is 0 Å². The third kappa shape index (κ3) is 4.93. The summed E-state index contributed by atoms with van der Waals surface area (Å²) in [5.74, 6) is 0.796. The monoisotopic (exact) mass is 224 g/mol. The average Bonchev–Trinajstić information content (AvgIpc) is 2.07. The molecule has 1 N–H and O–H groups in total. The minimum Gasteiger partial charge on any atom is -0.495 e. The highest BCUT2D eigenvalue weighted by Gasteiger charge is 1.92. The normalized spacial score (nSPS) is 8.15. The van der Waals surface area contributed by atoms with Crippen molar-refractivity contribution in [3.63, 3.8) is 0 Å². The first-order valence-corrected chi connectivity index (χ1v) is 3.50. The van der Waals surface area contributed by atoms with Crippen LogP contribution in [0.1, 0.15) is 5.69 Å². The van der Waals surface area contributed by atoms with Gasteiger partial charge in [-0.3, -0.25) is 4.98 Å². The molecule has 0 saturated heterocycles. The lowest BCUT2D eigenvalue weighted by Gasteiger charge is -2.00. The van der Waals surface area contributed by atoms with Crippen molar-refractivity contribution in [3.05, 3.63) is 24.0 Å². The Labute approximate surface area is 90.7 Å². The number of pyridine rings is 1. The standard InChI is InChI=1S/C8H12N2O.2ClH/c1-9-5-7-3-4-8(11-2)6-10-7;;/h3-4,6,9H,5H2,1-2H3;2*1H. The Morgan fingerprint density at radius 3 is 2.46 bits per heavy atom. The summed E-state index contributed by atoms with van der Waals surface area (Å²) >= 11 is 0. The number of halogens is 2. The van der Waals surface area contributed by atoms with Gasteiger partial charge in [-0.05, 0) is 19.2 Å². The van der Waals surface area contributed by atoms with Crippen LogP contribution < -0.4 is 10.1 Å². The molecule has 13 heavy (non-hydrogen) atoms. The second-order valence-electron chi connectivity index (χ2n) is 2.22. The molecule has 1 heterocycles. The number of nitrogens with one attached hydrogen (secondary N) is 1. The number of hydrogen-bond acceptors (Lipinski definition) is 3. The van der Waals surface area contributed by atoms with Gasteiger partial charge in [-0.25, -0.2) is 0 Å². The fourth-order valence-corrected chi connectivity index (χ4v) is 0.817. The van der Waals surface area contributed by atoms with Crippen LogP contribution in [0.25, 0.3) is 0 Å². The zero-order chi connectivity index (χ0) is 8.10. The maximum Gasteiger partial charge on any atom is 0.137 e. The maximum atomic E-state index is 4.96. The van der Waals surface area contributed by atoms with Crippen LogP contribution in [0.5, 0.6) is 5.75 Å². The van der Waals surface area contributed by atoms with Gasteiger partial charge in [0, 0.05) is 6.54 Å². The summed E-state index contributed by atoms with van der Waals surface area (Å²) in [6.45, 7) is 0.796. The lowest BCUT2D eigenvalue weighted by atomic mass is 10.3. The van der Waals surface area contributed by atoms with Crippen molar-refractivity contribution in [1.82, 2.24) is 10.3 Å². The second-order valence-corrected chi connectivity index (χ2v) is 2.22. The van der Waals surface area contributed by atoms with Crippen molar-refractivity contribution < 1.29 is 4.74 Å². The van der Waals surface area contributed by atoms with E-state index in [1.54, 1.807) is 13.3 Å². The van der Waals surface area contributed by atoms with Gasteiger partial charge >= 0.3 is 0 Å². The van der Waals surface area contributed by atoms with Crippen LogP contribution in [0.3, 0.4) is 0 Å². The highest BCUT2D eigenvalue weighted by atomic mass is 35.5. The summed E-state index contributed by atoms with van der Waals surface area (Å²) in [6, 6.07) is 3.84. The van der Waals surface area contributed by atoms with Crippen LogP contribution in [0.2, 0.25) is 0 Å². The molecule has 0 aliphatic heterocycles. The number of hydrogen-bond donors (Lipinski definition) is 1. The maximum absolute atomic E-state index is 4.96. The van der Waals surface area contributed by atoms with E-state index in [1.807, 2.05) is 19.2 Å². The predicted molar refractivity (Wildman–Crippen MR) is 58.0 cm³/mol. The molecule has 0 atom stereocenters. The molecule has 3 nitrogen and oxygen atoms in total. The Balaban J connectivity index is 0. The number of methoxy groups -OCH3 is 1. The minimum atomic E-state index is 0. The van der Waals surface area contributed by atoms with E-state index in [4.69, 9.17) is 4.74 Å². The molecule has 1 aromatic heterocycles. The molecular formula is C8H14Cl2N2O. The van der Waals surface area contributed by atoms with Gasteiger partial charge in [0.15, 0.2) is 0 Å². The van der Waals surface area contributed by atoms with Crippen LogP contribution in [-0.2, 0) is 6.54 Å². The molecule has 76 valence electrons. The van der Waals surface area contributed by atoms with E-state index >= 15 is 0 Å². The van der Waals surface area contributed by atoms with Gasteiger partial charge in [0.05, 0.1) is 19.0 Å². The molecule has 0 unspecified atom stereocenters. The Bertz CT molecular complexity index is 216. The fourth-order valence-electron chi connectivity index (χ4n) is 0.817. The SMILES string of the molecule is CNCc1ccc(OC)cn1.Cl.Cl. The first-order chi connectivity index (χ1) is 5.36. The highest BCUT2D eigenvalue weighted by Crippen LogP contribution is 2.07. The van der Waals surface area contributed by atoms with E-state index in [1.165, 1.54) is 0 Å². The first kappa shape index (κ1) is 15.0. The van der Waals surface area contributed by atoms with Crippen LogP contribution in [-0.4, -0.2) is 19.1 Å². The molecule has 0 fully saturated rings. The third-order valence-corrected chi connectivity index (χ3v) is 1.39. The van der Waals surface area contributed by atoms with E-state index in [0.717, 1.165) is 18.0 Å². The molecule has 0 aliphatic rings. The fraction of sp³-hybridized carbons (Fsp3) is 0.375. The van der Waals surface area contributed by atoms with E-state index in [9.17, 15) is 0 Å². The average molecular weight is 225 g/mol. The lowest BCUT2D eigenvalue weighted by molar-refractivity contribution is 0.412. The summed E-state index contributed by atoms with van der Waals surface area (Å²) < 4.78 is 4.96.